The average Bonchev–Trinajstić information content (AvgIpc) is 2.15. The van der Waals surface area contributed by atoms with Gasteiger partial charge in [0.1, 0.15) is 9.84 Å². The molecule has 3 N–H and O–H groups in total. The Bertz CT molecular complexity index is 503. The first-order chi connectivity index (χ1) is 7.81. The smallest absolute Gasteiger partial charge is 0.253 e. The Hall–Kier alpha value is -1.56. The molecule has 0 bridgehead atoms. The van der Waals surface area contributed by atoms with Crippen molar-refractivity contribution < 1.29 is 13.2 Å². The molecule has 0 fully saturated rings. The molecule has 6 heteroatoms. The van der Waals surface area contributed by atoms with Crippen LogP contribution in [0.5, 0.6) is 0 Å². The van der Waals surface area contributed by atoms with E-state index in [0.717, 1.165) is 11.8 Å². The molecule has 0 aliphatic heterocycles. The van der Waals surface area contributed by atoms with Crippen LogP contribution < -0.4 is 11.1 Å². The van der Waals surface area contributed by atoms with Crippen LogP contribution in [0.1, 0.15) is 15.9 Å². The summed E-state index contributed by atoms with van der Waals surface area (Å²) in [4.78, 5) is 11.8. The van der Waals surface area contributed by atoms with Gasteiger partial charge >= 0.3 is 0 Å². The Labute approximate surface area is 101 Å². The summed E-state index contributed by atoms with van der Waals surface area (Å²) in [6.07, 6.45) is 1.13. The Morgan fingerprint density at radius 2 is 2.06 bits per heavy atom. The van der Waals surface area contributed by atoms with E-state index >= 15 is 0 Å². The quantitative estimate of drug-likeness (QED) is 0.761. The van der Waals surface area contributed by atoms with Crippen molar-refractivity contribution in [3.8, 4) is 0 Å². The zero-order chi connectivity index (χ0) is 13.1. The molecule has 17 heavy (non-hydrogen) atoms. The second-order valence-electron chi connectivity index (χ2n) is 3.92. The van der Waals surface area contributed by atoms with Crippen LogP contribution in [0.25, 0.3) is 0 Å². The van der Waals surface area contributed by atoms with Crippen LogP contribution in [-0.2, 0) is 9.84 Å². The molecule has 0 radical (unpaired) electrons. The largest absolute Gasteiger partial charge is 0.398 e. The lowest BCUT2D eigenvalue weighted by molar-refractivity contribution is 0.0956. The highest BCUT2D eigenvalue weighted by molar-refractivity contribution is 7.90. The van der Waals surface area contributed by atoms with E-state index in [1.807, 2.05) is 0 Å². The second kappa shape index (κ2) is 5.18. The van der Waals surface area contributed by atoms with Crippen molar-refractivity contribution in [3.63, 3.8) is 0 Å². The molecule has 94 valence electrons. The van der Waals surface area contributed by atoms with Gasteiger partial charge in [0.2, 0.25) is 0 Å². The number of carbonyl (C=O) groups excluding carboxylic acids is 1. The number of nitrogens with one attached hydrogen (secondary N) is 1. The number of nitrogens with two attached hydrogens (primary N) is 1. The molecule has 0 unspecified atom stereocenters. The predicted octanol–water partition coefficient (Wildman–Crippen LogP) is 0.352. The van der Waals surface area contributed by atoms with Crippen molar-refractivity contribution in [1.82, 2.24) is 5.32 Å². The highest BCUT2D eigenvalue weighted by Crippen LogP contribution is 2.15. The number of amides is 1. The first-order valence-electron chi connectivity index (χ1n) is 5.12. The maximum Gasteiger partial charge on any atom is 0.253 e. The van der Waals surface area contributed by atoms with E-state index in [1.54, 1.807) is 25.1 Å². The zero-order valence-corrected chi connectivity index (χ0v) is 10.7. The molecular formula is C11H16N2O3S. The number of benzene rings is 1. The number of carbonyl (C=O) groups is 1. The van der Waals surface area contributed by atoms with E-state index in [1.165, 1.54) is 0 Å². The number of hydrogen-bond acceptors (Lipinski definition) is 4. The molecule has 0 spiro atoms. The summed E-state index contributed by atoms with van der Waals surface area (Å²) < 4.78 is 21.8. The molecule has 5 nitrogen and oxygen atoms in total. The number of nitrogen functional groups attached to an aromatic ring is 1. The standard InChI is InChI=1S/C11H16N2O3S/c1-8-4-3-5-9(12)10(8)11(14)13-6-7-17(2,15)16/h3-5H,6-7,12H2,1-2H3,(H,13,14). The normalized spacial score (nSPS) is 11.2. The maximum absolute atomic E-state index is 11.8. The highest BCUT2D eigenvalue weighted by atomic mass is 32.2. The summed E-state index contributed by atoms with van der Waals surface area (Å²) in [7, 11) is -3.07. The fraction of sp³-hybridized carbons (Fsp3) is 0.364. The van der Waals surface area contributed by atoms with Crippen molar-refractivity contribution in [1.29, 1.82) is 0 Å². The first kappa shape index (κ1) is 13.5. The third-order valence-corrected chi connectivity index (χ3v) is 3.24. The zero-order valence-electron chi connectivity index (χ0n) is 9.86. The maximum atomic E-state index is 11.8. The lowest BCUT2D eigenvalue weighted by Crippen LogP contribution is -2.29. The van der Waals surface area contributed by atoms with E-state index in [9.17, 15) is 13.2 Å². The predicted molar refractivity (Wildman–Crippen MR) is 67.6 cm³/mol. The van der Waals surface area contributed by atoms with Crippen molar-refractivity contribution in [2.75, 3.05) is 24.3 Å². The van der Waals surface area contributed by atoms with Gasteiger partial charge in [0, 0.05) is 18.5 Å². The van der Waals surface area contributed by atoms with E-state index in [4.69, 9.17) is 5.73 Å². The fourth-order valence-electron chi connectivity index (χ4n) is 1.44. The van der Waals surface area contributed by atoms with Gasteiger partial charge in [0.15, 0.2) is 0 Å². The van der Waals surface area contributed by atoms with E-state index < -0.39 is 9.84 Å². The van der Waals surface area contributed by atoms with Crippen molar-refractivity contribution in [2.45, 2.75) is 6.92 Å². The topological polar surface area (TPSA) is 89.3 Å². The van der Waals surface area contributed by atoms with Crippen LogP contribution in [0.15, 0.2) is 18.2 Å². The fourth-order valence-corrected chi connectivity index (χ4v) is 1.91. The van der Waals surface area contributed by atoms with Crippen LogP contribution in [0.3, 0.4) is 0 Å². The Morgan fingerprint density at radius 3 is 2.59 bits per heavy atom. The Kier molecular flexibility index (Phi) is 4.11. The van der Waals surface area contributed by atoms with Crippen LogP contribution in [0, 0.1) is 6.92 Å². The molecule has 0 aliphatic carbocycles. The van der Waals surface area contributed by atoms with Crippen molar-refractivity contribution in [2.24, 2.45) is 0 Å². The summed E-state index contributed by atoms with van der Waals surface area (Å²) >= 11 is 0. The average molecular weight is 256 g/mol. The van der Waals surface area contributed by atoms with E-state index in [-0.39, 0.29) is 18.2 Å². The molecule has 1 rings (SSSR count). The molecule has 1 aromatic rings. The Morgan fingerprint density at radius 1 is 1.41 bits per heavy atom. The van der Waals surface area contributed by atoms with Gasteiger partial charge < -0.3 is 11.1 Å². The van der Waals surface area contributed by atoms with Gasteiger partial charge in [-0.3, -0.25) is 4.79 Å². The third kappa shape index (κ3) is 4.07. The molecule has 0 heterocycles. The molecule has 1 aromatic carbocycles. The van der Waals surface area contributed by atoms with Gasteiger partial charge in [-0.15, -0.1) is 0 Å². The van der Waals surface area contributed by atoms with Crippen LogP contribution in [0.2, 0.25) is 0 Å². The van der Waals surface area contributed by atoms with Gasteiger partial charge in [-0.25, -0.2) is 8.42 Å². The third-order valence-electron chi connectivity index (χ3n) is 2.29. The monoisotopic (exact) mass is 256 g/mol. The lowest BCUT2D eigenvalue weighted by Gasteiger charge is -2.09. The Balaban J connectivity index is 2.71. The molecular weight excluding hydrogens is 240 g/mol. The minimum Gasteiger partial charge on any atom is -0.398 e. The van der Waals surface area contributed by atoms with Crippen LogP contribution in [-0.4, -0.2) is 32.9 Å². The molecule has 0 aliphatic rings. The SMILES string of the molecule is Cc1cccc(N)c1C(=O)NCCS(C)(=O)=O. The number of aryl methyl sites for hydroxylation is 1. The van der Waals surface area contributed by atoms with E-state index in [2.05, 4.69) is 5.32 Å². The van der Waals surface area contributed by atoms with Gasteiger partial charge in [-0.1, -0.05) is 12.1 Å². The summed E-state index contributed by atoms with van der Waals surface area (Å²) in [6, 6.07) is 5.18. The summed E-state index contributed by atoms with van der Waals surface area (Å²) in [6.45, 7) is 1.87. The van der Waals surface area contributed by atoms with Gasteiger partial charge in [0.25, 0.3) is 5.91 Å². The summed E-state index contributed by atoms with van der Waals surface area (Å²) in [5.41, 5.74) is 7.26. The van der Waals surface area contributed by atoms with Gasteiger partial charge in [-0.2, -0.15) is 0 Å². The minimum absolute atomic E-state index is 0.0788. The highest BCUT2D eigenvalue weighted by Gasteiger charge is 2.12. The minimum atomic E-state index is -3.07. The first-order valence-corrected chi connectivity index (χ1v) is 7.18. The summed E-state index contributed by atoms with van der Waals surface area (Å²) in [5.74, 6) is -0.422. The van der Waals surface area contributed by atoms with E-state index in [0.29, 0.717) is 11.3 Å². The van der Waals surface area contributed by atoms with Crippen LogP contribution in [0.4, 0.5) is 5.69 Å². The number of rotatable bonds is 4. The molecule has 0 atom stereocenters. The number of sulfone groups is 1. The molecule has 0 saturated carbocycles. The number of anilines is 1. The van der Waals surface area contributed by atoms with Gasteiger partial charge in [-0.05, 0) is 18.6 Å². The molecule has 0 saturated heterocycles. The molecule has 1 amide bonds. The van der Waals surface area contributed by atoms with Gasteiger partial charge in [0.05, 0.1) is 11.3 Å². The lowest BCUT2D eigenvalue weighted by atomic mass is 10.1. The van der Waals surface area contributed by atoms with Crippen molar-refractivity contribution >= 4 is 21.4 Å². The van der Waals surface area contributed by atoms with Crippen LogP contribution >= 0.6 is 0 Å². The number of hydrogen-bond donors (Lipinski definition) is 2. The molecule has 0 aromatic heterocycles. The second-order valence-corrected chi connectivity index (χ2v) is 6.18. The van der Waals surface area contributed by atoms with Crippen molar-refractivity contribution in [3.05, 3.63) is 29.3 Å². The summed E-state index contributed by atoms with van der Waals surface area (Å²) in [5, 5.41) is 2.54.